The monoisotopic (exact) mass is 281 g/mol. The summed E-state index contributed by atoms with van der Waals surface area (Å²) in [6.07, 6.45) is -3.49. The Balaban J connectivity index is 1.96. The summed E-state index contributed by atoms with van der Waals surface area (Å²) in [6.45, 7) is 2.56. The number of anilines is 1. The van der Waals surface area contributed by atoms with Gasteiger partial charge in [-0.1, -0.05) is 31.2 Å². The molecule has 0 radical (unpaired) electrons. The van der Waals surface area contributed by atoms with E-state index in [-0.39, 0.29) is 0 Å². The summed E-state index contributed by atoms with van der Waals surface area (Å²) in [6, 6.07) is 10.2. The van der Waals surface area contributed by atoms with Crippen LogP contribution in [0.15, 0.2) is 36.4 Å². The highest BCUT2D eigenvalue weighted by molar-refractivity contribution is 5.35. The van der Waals surface area contributed by atoms with Crippen LogP contribution in [0.4, 0.5) is 19.0 Å². The molecule has 0 unspecified atom stereocenters. The number of aromatic nitrogens is 2. The van der Waals surface area contributed by atoms with Crippen LogP contribution in [-0.2, 0) is 19.1 Å². The van der Waals surface area contributed by atoms with E-state index in [4.69, 9.17) is 0 Å². The van der Waals surface area contributed by atoms with Crippen molar-refractivity contribution >= 4 is 5.82 Å². The SMILES string of the molecule is CCc1ccc(CNc2ccc(C(F)(F)F)nn2)cc1. The normalized spacial score (nSPS) is 11.4. The Labute approximate surface area is 114 Å². The predicted octanol–water partition coefficient (Wildman–Crippen LogP) is 3.67. The molecule has 6 heteroatoms. The van der Waals surface area contributed by atoms with Crippen molar-refractivity contribution in [2.24, 2.45) is 0 Å². The van der Waals surface area contributed by atoms with Gasteiger partial charge in [-0.3, -0.25) is 0 Å². The van der Waals surface area contributed by atoms with E-state index < -0.39 is 11.9 Å². The molecule has 0 saturated heterocycles. The van der Waals surface area contributed by atoms with Crippen LogP contribution in [0, 0.1) is 0 Å². The largest absolute Gasteiger partial charge is 0.435 e. The van der Waals surface area contributed by atoms with Crippen molar-refractivity contribution in [3.8, 4) is 0 Å². The third-order valence-corrected chi connectivity index (χ3v) is 2.86. The van der Waals surface area contributed by atoms with Crippen LogP contribution in [-0.4, -0.2) is 10.2 Å². The smallest absolute Gasteiger partial charge is 0.365 e. The number of halogens is 3. The van der Waals surface area contributed by atoms with E-state index in [1.54, 1.807) is 0 Å². The molecule has 0 fully saturated rings. The lowest BCUT2D eigenvalue weighted by molar-refractivity contribution is -0.141. The molecular formula is C14H14F3N3. The molecule has 3 nitrogen and oxygen atoms in total. The van der Waals surface area contributed by atoms with Crippen LogP contribution in [0.2, 0.25) is 0 Å². The summed E-state index contributed by atoms with van der Waals surface area (Å²) >= 11 is 0. The fourth-order valence-corrected chi connectivity index (χ4v) is 1.66. The fraction of sp³-hybridized carbons (Fsp3) is 0.286. The Morgan fingerprint density at radius 3 is 2.10 bits per heavy atom. The number of nitrogens with zero attached hydrogens (tertiary/aromatic N) is 2. The maximum Gasteiger partial charge on any atom is 0.435 e. The lowest BCUT2D eigenvalue weighted by Gasteiger charge is -2.08. The van der Waals surface area contributed by atoms with E-state index in [2.05, 4.69) is 22.4 Å². The first-order chi connectivity index (χ1) is 9.49. The van der Waals surface area contributed by atoms with Gasteiger partial charge in [-0.25, -0.2) is 0 Å². The van der Waals surface area contributed by atoms with Crippen molar-refractivity contribution in [3.63, 3.8) is 0 Å². The van der Waals surface area contributed by atoms with Crippen LogP contribution in [0.5, 0.6) is 0 Å². The molecule has 1 heterocycles. The van der Waals surface area contributed by atoms with Crippen molar-refractivity contribution in [1.82, 2.24) is 10.2 Å². The number of rotatable bonds is 4. The highest BCUT2D eigenvalue weighted by Crippen LogP contribution is 2.27. The summed E-state index contributed by atoms with van der Waals surface area (Å²) in [4.78, 5) is 0. The molecule has 2 aromatic rings. The molecule has 0 saturated carbocycles. The van der Waals surface area contributed by atoms with E-state index >= 15 is 0 Å². The van der Waals surface area contributed by atoms with Crippen molar-refractivity contribution in [2.75, 3.05) is 5.32 Å². The third-order valence-electron chi connectivity index (χ3n) is 2.86. The minimum atomic E-state index is -4.46. The van der Waals surface area contributed by atoms with Gasteiger partial charge in [0.1, 0.15) is 5.82 Å². The van der Waals surface area contributed by atoms with Gasteiger partial charge < -0.3 is 5.32 Å². The Kier molecular flexibility index (Phi) is 4.22. The van der Waals surface area contributed by atoms with Crippen LogP contribution in [0.25, 0.3) is 0 Å². The molecule has 0 amide bonds. The van der Waals surface area contributed by atoms with Gasteiger partial charge in [0.25, 0.3) is 0 Å². The van der Waals surface area contributed by atoms with Gasteiger partial charge in [0.2, 0.25) is 0 Å². The molecule has 0 spiro atoms. The number of benzene rings is 1. The van der Waals surface area contributed by atoms with Gasteiger partial charge >= 0.3 is 6.18 Å². The van der Waals surface area contributed by atoms with E-state index in [1.807, 2.05) is 24.3 Å². The van der Waals surface area contributed by atoms with E-state index in [9.17, 15) is 13.2 Å². The second-order valence-corrected chi connectivity index (χ2v) is 4.33. The average Bonchev–Trinajstić information content (AvgIpc) is 2.45. The van der Waals surface area contributed by atoms with E-state index in [1.165, 1.54) is 11.6 Å². The summed E-state index contributed by atoms with van der Waals surface area (Å²) in [7, 11) is 0. The molecule has 0 aliphatic heterocycles. The maximum atomic E-state index is 12.3. The molecular weight excluding hydrogens is 267 g/mol. The molecule has 0 bridgehead atoms. The van der Waals surface area contributed by atoms with E-state index in [0.717, 1.165) is 18.1 Å². The van der Waals surface area contributed by atoms with Crippen molar-refractivity contribution in [2.45, 2.75) is 26.1 Å². The molecule has 0 atom stereocenters. The Morgan fingerprint density at radius 1 is 0.950 bits per heavy atom. The zero-order chi connectivity index (χ0) is 14.6. The molecule has 1 aromatic heterocycles. The fourth-order valence-electron chi connectivity index (χ4n) is 1.66. The van der Waals surface area contributed by atoms with Crippen LogP contribution in [0.3, 0.4) is 0 Å². The van der Waals surface area contributed by atoms with Gasteiger partial charge in [0.05, 0.1) is 0 Å². The van der Waals surface area contributed by atoms with Crippen molar-refractivity contribution in [1.29, 1.82) is 0 Å². The van der Waals surface area contributed by atoms with Gasteiger partial charge in [-0.15, -0.1) is 10.2 Å². The Morgan fingerprint density at radius 2 is 1.60 bits per heavy atom. The zero-order valence-electron chi connectivity index (χ0n) is 10.9. The second kappa shape index (κ2) is 5.90. The van der Waals surface area contributed by atoms with E-state index in [0.29, 0.717) is 12.4 Å². The molecule has 106 valence electrons. The van der Waals surface area contributed by atoms with Gasteiger partial charge in [-0.2, -0.15) is 13.2 Å². The van der Waals surface area contributed by atoms with Crippen molar-refractivity contribution < 1.29 is 13.2 Å². The minimum absolute atomic E-state index is 0.317. The summed E-state index contributed by atoms with van der Waals surface area (Å²) < 4.78 is 37.0. The van der Waals surface area contributed by atoms with Crippen LogP contribution < -0.4 is 5.32 Å². The van der Waals surface area contributed by atoms with Crippen molar-refractivity contribution in [3.05, 3.63) is 53.2 Å². The lowest BCUT2D eigenvalue weighted by Crippen LogP contribution is -2.10. The molecule has 20 heavy (non-hydrogen) atoms. The Hall–Kier alpha value is -2.11. The second-order valence-electron chi connectivity index (χ2n) is 4.33. The number of aryl methyl sites for hydroxylation is 1. The van der Waals surface area contributed by atoms with Gasteiger partial charge in [0, 0.05) is 6.54 Å². The minimum Gasteiger partial charge on any atom is -0.365 e. The first-order valence-corrected chi connectivity index (χ1v) is 6.21. The van der Waals surface area contributed by atoms with Gasteiger partial charge in [0.15, 0.2) is 5.69 Å². The average molecular weight is 281 g/mol. The van der Waals surface area contributed by atoms with Crippen LogP contribution >= 0.6 is 0 Å². The third kappa shape index (κ3) is 3.69. The number of hydrogen-bond acceptors (Lipinski definition) is 3. The summed E-state index contributed by atoms with van der Waals surface area (Å²) in [5.74, 6) is 0.317. The Bertz CT molecular complexity index is 547. The molecule has 1 N–H and O–H groups in total. The predicted molar refractivity (Wildman–Crippen MR) is 70.2 cm³/mol. The van der Waals surface area contributed by atoms with Crippen LogP contribution in [0.1, 0.15) is 23.7 Å². The maximum absolute atomic E-state index is 12.3. The number of hydrogen-bond donors (Lipinski definition) is 1. The molecule has 2 rings (SSSR count). The molecule has 0 aliphatic carbocycles. The summed E-state index contributed by atoms with van der Waals surface area (Å²) in [5, 5.41) is 9.60. The zero-order valence-corrected chi connectivity index (χ0v) is 10.9. The lowest BCUT2D eigenvalue weighted by atomic mass is 10.1. The first-order valence-electron chi connectivity index (χ1n) is 6.21. The summed E-state index contributed by atoms with van der Waals surface area (Å²) in [5.41, 5.74) is 1.28. The standard InChI is InChI=1S/C14H14F3N3/c1-2-10-3-5-11(6-4-10)9-18-13-8-7-12(19-20-13)14(15,16)17/h3-8H,2,9H2,1H3,(H,18,20). The highest BCUT2D eigenvalue weighted by atomic mass is 19.4. The first kappa shape index (κ1) is 14.3. The van der Waals surface area contributed by atoms with Gasteiger partial charge in [-0.05, 0) is 29.7 Å². The molecule has 0 aliphatic rings. The number of alkyl halides is 3. The highest BCUT2D eigenvalue weighted by Gasteiger charge is 2.32. The number of nitrogens with one attached hydrogen (secondary N) is 1. The molecule has 1 aromatic carbocycles. The topological polar surface area (TPSA) is 37.8 Å². The quantitative estimate of drug-likeness (QED) is 0.929.